The Morgan fingerprint density at radius 3 is 0.894 bits per heavy atom. The standard InChI is InChI=1S/C32H29N3O4S2.C31H27N3O4S2.C28H25N3S2.6CO2/c1-4-19-6-8-33-22(14-19)24-15-20(5-2)16-25(35-24)23-17-21(7-9-34-23)30-28-29(39-13-12-38-28)32(41-30)31-27-26(18(3)40-31)36-10-11-37-27;1-3-18-5-7-32-21(13-18)23-14-19(4-2)15-24(34-23)22-16-20(6-8-33-22)29-27-28(38-12-11-37-27)31(40-29)30-26-25(17-39-30)35-9-10-36-26;1-4-19-10-12-29-22(14-19)24-15-20(5-2)16-25(31-24)23-17-21(11-13-30-23)26-8-9-28(33-26)27-7-6-18(3)32-27;6*2-1-3/h6-9,14-17H,4-5,10-13H2,1-3H3;5-8,13-17H,3-4,9-12H2,1-2H3;6-17H,4-5H2,1-3H3;;;;;;. The molecule has 4 aliphatic heterocycles. The van der Waals surface area contributed by atoms with Gasteiger partial charge < -0.3 is 37.9 Å². The van der Waals surface area contributed by atoms with Gasteiger partial charge in [0.2, 0.25) is 0 Å². The summed E-state index contributed by atoms with van der Waals surface area (Å²) in [5.74, 6) is 6.26. The molecule has 35 heteroatoms. The fraction of sp³-hybridized carbons (Fsp3) is 0.227. The van der Waals surface area contributed by atoms with E-state index < -0.39 is 0 Å². The highest BCUT2D eigenvalue weighted by Gasteiger charge is 2.34. The van der Waals surface area contributed by atoms with E-state index in [1.807, 2.05) is 89.5 Å². The second-order valence-corrected chi connectivity index (χ2v) is 34.4. The molecule has 0 aliphatic carbocycles. The molecule has 0 atom stereocenters. The lowest BCUT2D eigenvalue weighted by atomic mass is 10.1. The van der Waals surface area contributed by atoms with Crippen LogP contribution in [0.25, 0.3) is 129 Å². The number of aromatic nitrogens is 9. The minimum Gasteiger partial charge on any atom is -0.485 e. The van der Waals surface area contributed by atoms with E-state index in [0.717, 1.165) is 198 Å². The maximum atomic E-state index is 8.12. The van der Waals surface area contributed by atoms with Crippen molar-refractivity contribution in [3.63, 3.8) is 0 Å². The van der Waals surface area contributed by atoms with Crippen LogP contribution in [0.5, 0.6) is 46.0 Å². The molecule has 0 fully saturated rings. The molecule has 0 bridgehead atoms. The molecule has 0 saturated heterocycles. The second-order valence-electron chi connectivity index (χ2n) is 27.9. The SMILES string of the molecule is CCc1ccnc(-c2cc(CC)cc(-c3cc(-c4ccc(-c5ccc(C)s5)s4)ccn3)n2)c1.CCc1ccnc(-c2cc(CC)cc(-c3cc(-c4sc(-c5sc(C)c6c5OCCO6)c5c4OCCO5)ccn3)n2)c1.CCc1ccnc(-c2cc(CC)cc(-c3cc(-c4sc(-c5scc6c5OCCO6)c5c4OCCO5)ccn3)n2)c1.O=C=O.O=C=O.O=C=O.O=C=O.O=C=O.O=C=O. The van der Waals surface area contributed by atoms with Gasteiger partial charge in [-0.3, -0.25) is 29.9 Å². The van der Waals surface area contributed by atoms with Crippen molar-refractivity contribution in [1.82, 2.24) is 44.9 Å². The lowest BCUT2D eigenvalue weighted by Gasteiger charge is -2.18. The third kappa shape index (κ3) is 24.4. The number of nitrogens with zero attached hydrogens (tertiary/aromatic N) is 9. The van der Waals surface area contributed by atoms with Crippen molar-refractivity contribution in [3.05, 3.63) is 219 Å². The van der Waals surface area contributed by atoms with E-state index in [1.165, 1.54) is 58.5 Å². The van der Waals surface area contributed by atoms with Gasteiger partial charge in [0, 0.05) is 66.9 Å². The van der Waals surface area contributed by atoms with Crippen molar-refractivity contribution in [2.24, 2.45) is 0 Å². The molecule has 15 aromatic rings. The number of hydrogen-bond acceptors (Lipinski definition) is 35. The van der Waals surface area contributed by atoms with Crippen molar-refractivity contribution in [1.29, 1.82) is 0 Å². The fourth-order valence-electron chi connectivity index (χ4n) is 13.8. The molecule has 19 heterocycles. The molecule has 0 aromatic carbocycles. The van der Waals surface area contributed by atoms with Crippen LogP contribution in [0.4, 0.5) is 0 Å². The smallest absolute Gasteiger partial charge is 0.373 e. The van der Waals surface area contributed by atoms with Crippen LogP contribution in [0.3, 0.4) is 0 Å². The highest BCUT2D eigenvalue weighted by molar-refractivity contribution is 7.25. The molecule has 4 aliphatic rings. The first-order chi connectivity index (χ1) is 64.4. The Morgan fingerprint density at radius 1 is 0.258 bits per heavy atom. The van der Waals surface area contributed by atoms with Gasteiger partial charge in [0.15, 0.2) is 46.0 Å². The maximum Gasteiger partial charge on any atom is 0.373 e. The lowest BCUT2D eigenvalue weighted by Crippen LogP contribution is -2.15. The highest BCUT2D eigenvalue weighted by Crippen LogP contribution is 2.61. The molecule has 0 saturated carbocycles. The van der Waals surface area contributed by atoms with Gasteiger partial charge in [-0.15, -0.1) is 68.0 Å². The molecule has 19 rings (SSSR count). The molecule has 29 nitrogen and oxygen atoms in total. The normalized spacial score (nSPS) is 11.6. The predicted molar refractivity (Wildman–Crippen MR) is 492 cm³/mol. The van der Waals surface area contributed by atoms with Crippen LogP contribution < -0.4 is 37.9 Å². The topological polar surface area (TPSA) is 395 Å². The van der Waals surface area contributed by atoms with Crippen molar-refractivity contribution in [3.8, 4) is 175 Å². The number of rotatable bonds is 18. The Kier molecular flexibility index (Phi) is 36.4. The quantitative estimate of drug-likeness (QED) is 0.0770. The average molecular weight is 1890 g/mol. The number of fused-ring (bicyclic) bond motifs is 4. The third-order valence-corrected chi connectivity index (χ3v) is 27.0. The fourth-order valence-corrected chi connectivity index (χ4v) is 20.4. The van der Waals surface area contributed by atoms with Crippen molar-refractivity contribution >= 4 is 105 Å². The van der Waals surface area contributed by atoms with Crippen LogP contribution in [-0.4, -0.2) is 135 Å². The Hall–Kier alpha value is -14.8. The first-order valence-corrected chi connectivity index (χ1v) is 46.0. The van der Waals surface area contributed by atoms with E-state index in [4.69, 9.17) is 120 Å². The van der Waals surface area contributed by atoms with E-state index in [9.17, 15) is 0 Å². The minimum atomic E-state index is 0.250. The monoisotopic (exact) mass is 1880 g/mol. The summed E-state index contributed by atoms with van der Waals surface area (Å²) in [5, 5.41) is 2.00. The highest BCUT2D eigenvalue weighted by atomic mass is 32.1. The molecule has 15 aromatic heterocycles. The molecule has 0 spiro atoms. The number of aryl methyl sites for hydroxylation is 8. The number of ether oxygens (including phenoxy) is 8. The van der Waals surface area contributed by atoms with Crippen LogP contribution >= 0.6 is 68.0 Å². The van der Waals surface area contributed by atoms with Crippen LogP contribution in [0, 0.1) is 13.8 Å². The molecule has 132 heavy (non-hydrogen) atoms. The summed E-state index contributed by atoms with van der Waals surface area (Å²) in [5.41, 5.74) is 20.8. The van der Waals surface area contributed by atoms with E-state index in [2.05, 4.69) is 185 Å². The number of thiophene rings is 6. The first-order valence-electron chi connectivity index (χ1n) is 41.0. The van der Waals surface area contributed by atoms with Gasteiger partial charge in [-0.05, 0) is 236 Å². The first kappa shape index (κ1) is 97.8. The van der Waals surface area contributed by atoms with E-state index in [0.29, 0.717) is 52.9 Å². The van der Waals surface area contributed by atoms with E-state index in [1.54, 1.807) is 45.3 Å². The van der Waals surface area contributed by atoms with Crippen molar-refractivity contribution in [2.75, 3.05) is 52.9 Å². The lowest BCUT2D eigenvalue weighted by molar-refractivity contribution is -0.193. The number of carbonyl (C=O) groups excluding carboxylic acids is 12. The van der Waals surface area contributed by atoms with Gasteiger partial charge in [-0.2, -0.15) is 57.5 Å². The Labute approximate surface area is 780 Å². The van der Waals surface area contributed by atoms with Crippen LogP contribution in [0.2, 0.25) is 0 Å². The molecule has 0 radical (unpaired) electrons. The average Bonchev–Trinajstić information content (AvgIpc) is 1.43. The van der Waals surface area contributed by atoms with Crippen LogP contribution in [0.15, 0.2) is 176 Å². The number of hydrogen-bond donors (Lipinski definition) is 0. The number of pyridine rings is 9. The van der Waals surface area contributed by atoms with Crippen molar-refractivity contribution < 1.29 is 95.4 Å². The van der Waals surface area contributed by atoms with Crippen LogP contribution in [-0.2, 0) is 96.1 Å². The summed E-state index contributed by atoms with van der Waals surface area (Å²) in [4.78, 5) is 153. The zero-order valence-electron chi connectivity index (χ0n) is 72.3. The van der Waals surface area contributed by atoms with Gasteiger partial charge >= 0.3 is 36.9 Å². The molecular weight excluding hydrogens is 1800 g/mol. The minimum absolute atomic E-state index is 0.250. The van der Waals surface area contributed by atoms with E-state index >= 15 is 0 Å². The largest absolute Gasteiger partial charge is 0.485 e. The summed E-state index contributed by atoms with van der Waals surface area (Å²) in [6, 6.07) is 46.5. The van der Waals surface area contributed by atoms with Gasteiger partial charge in [0.25, 0.3) is 0 Å². The molecule has 0 unspecified atom stereocenters. The second kappa shape index (κ2) is 49.1. The van der Waals surface area contributed by atoms with Gasteiger partial charge in [-0.25, -0.2) is 15.0 Å². The summed E-state index contributed by atoms with van der Waals surface area (Å²) in [6.45, 7) is 21.3. The van der Waals surface area contributed by atoms with E-state index in [-0.39, 0.29) is 36.9 Å². The summed E-state index contributed by atoms with van der Waals surface area (Å²) in [6.07, 6.45) is 18.2. The zero-order chi connectivity index (χ0) is 94.0. The molecule has 0 amide bonds. The van der Waals surface area contributed by atoms with Gasteiger partial charge in [0.05, 0.1) is 97.6 Å². The Balaban J connectivity index is 0.000000176. The molecule has 670 valence electrons. The molecular formula is C97H81N9O20S6. The Morgan fingerprint density at radius 2 is 0.530 bits per heavy atom. The molecule has 0 N–H and O–H groups in total. The van der Waals surface area contributed by atoms with Gasteiger partial charge in [-0.1, -0.05) is 41.5 Å². The predicted octanol–water partition coefficient (Wildman–Crippen LogP) is 19.6. The van der Waals surface area contributed by atoms with Gasteiger partial charge in [0.1, 0.15) is 52.9 Å². The Bertz CT molecular complexity index is 6640. The zero-order valence-corrected chi connectivity index (χ0v) is 77.2. The van der Waals surface area contributed by atoms with Crippen molar-refractivity contribution in [2.45, 2.75) is 93.9 Å². The summed E-state index contributed by atoms with van der Waals surface area (Å²) < 4.78 is 48.5. The summed E-state index contributed by atoms with van der Waals surface area (Å²) in [7, 11) is 0. The third-order valence-electron chi connectivity index (χ3n) is 19.9. The summed E-state index contributed by atoms with van der Waals surface area (Å²) >= 11 is 10.2. The maximum absolute atomic E-state index is 8.12. The van der Waals surface area contributed by atoms with Crippen LogP contribution in [0.1, 0.15) is 84.7 Å².